The first kappa shape index (κ1) is 26.5. The molecule has 2 heterocycles. The van der Waals surface area contributed by atoms with Crippen molar-refractivity contribution in [3.63, 3.8) is 0 Å². The Kier molecular flexibility index (Phi) is 8.34. The quantitative estimate of drug-likeness (QED) is 0.554. The van der Waals surface area contributed by atoms with Gasteiger partial charge in [0.15, 0.2) is 5.78 Å². The number of hydrogen-bond donors (Lipinski definition) is 2. The monoisotopic (exact) mass is 505 g/mol. The highest BCUT2D eigenvalue weighted by Crippen LogP contribution is 2.41. The van der Waals surface area contributed by atoms with Crippen LogP contribution in [-0.2, 0) is 19.1 Å². The van der Waals surface area contributed by atoms with Crippen molar-refractivity contribution in [3.05, 3.63) is 82.7 Å². The van der Waals surface area contributed by atoms with Gasteiger partial charge < -0.3 is 24.6 Å². The maximum Gasteiger partial charge on any atom is 0.336 e. The van der Waals surface area contributed by atoms with E-state index >= 15 is 0 Å². The zero-order valence-corrected chi connectivity index (χ0v) is 21.7. The van der Waals surface area contributed by atoms with Crippen LogP contribution in [0, 0.1) is 0 Å². The van der Waals surface area contributed by atoms with Crippen LogP contribution in [0.5, 0.6) is 11.5 Å². The Morgan fingerprint density at radius 1 is 1.05 bits per heavy atom. The third kappa shape index (κ3) is 6.41. The van der Waals surface area contributed by atoms with E-state index in [1.54, 1.807) is 31.4 Å². The number of ketones is 1. The number of allylic oxidation sites excluding steroid dienone is 3. The molecule has 0 amide bonds. The largest absolute Gasteiger partial charge is 0.508 e. The van der Waals surface area contributed by atoms with Gasteiger partial charge in [-0.15, -0.1) is 0 Å². The molecule has 1 fully saturated rings. The maximum absolute atomic E-state index is 13.0. The van der Waals surface area contributed by atoms with Crippen molar-refractivity contribution >= 4 is 11.8 Å². The van der Waals surface area contributed by atoms with E-state index in [0.29, 0.717) is 55.8 Å². The van der Waals surface area contributed by atoms with Gasteiger partial charge in [0, 0.05) is 48.6 Å². The summed E-state index contributed by atoms with van der Waals surface area (Å²) in [5.74, 6) is 0.923. The average Bonchev–Trinajstić information content (AvgIpc) is 2.89. The minimum absolute atomic E-state index is 0.0577. The molecule has 196 valence electrons. The lowest BCUT2D eigenvalue weighted by atomic mass is 9.78. The third-order valence-corrected chi connectivity index (χ3v) is 7.20. The van der Waals surface area contributed by atoms with Gasteiger partial charge in [0.25, 0.3) is 0 Å². The van der Waals surface area contributed by atoms with E-state index < -0.39 is 5.60 Å². The van der Waals surface area contributed by atoms with Crippen molar-refractivity contribution in [1.29, 1.82) is 0 Å². The number of hydrogen-bond acceptors (Lipinski definition) is 7. The number of methoxy groups -OCH3 is 1. The molecule has 1 unspecified atom stereocenters. The first-order chi connectivity index (χ1) is 17.8. The Bertz CT molecular complexity index is 1190. The third-order valence-electron chi connectivity index (χ3n) is 7.20. The zero-order chi connectivity index (χ0) is 26.4. The van der Waals surface area contributed by atoms with Crippen LogP contribution in [0.1, 0.15) is 57.4 Å². The van der Waals surface area contributed by atoms with Crippen LogP contribution in [0.15, 0.2) is 77.1 Å². The summed E-state index contributed by atoms with van der Waals surface area (Å²) in [6.45, 7) is 5.02. The van der Waals surface area contributed by atoms with Crippen molar-refractivity contribution < 1.29 is 28.9 Å². The molecule has 7 heteroatoms. The van der Waals surface area contributed by atoms with Crippen molar-refractivity contribution in [2.75, 3.05) is 20.3 Å². The van der Waals surface area contributed by atoms with Gasteiger partial charge >= 0.3 is 5.97 Å². The van der Waals surface area contributed by atoms with Crippen molar-refractivity contribution in [1.82, 2.24) is 5.32 Å². The first-order valence-corrected chi connectivity index (χ1v) is 12.7. The average molecular weight is 506 g/mol. The number of dihydropyridines is 1. The predicted octanol–water partition coefficient (Wildman–Crippen LogP) is 5.17. The highest BCUT2D eigenvalue weighted by molar-refractivity contribution is 6.01. The fraction of sp³-hybridized carbons (Fsp3) is 0.400. The topological polar surface area (TPSA) is 94.1 Å². The number of carbonyl (C=O) groups is 2. The van der Waals surface area contributed by atoms with Gasteiger partial charge in [0.1, 0.15) is 17.1 Å². The molecule has 2 aliphatic heterocycles. The lowest BCUT2D eigenvalue weighted by molar-refractivity contribution is -0.161. The fourth-order valence-corrected chi connectivity index (χ4v) is 4.97. The van der Waals surface area contributed by atoms with E-state index in [0.717, 1.165) is 29.1 Å². The van der Waals surface area contributed by atoms with E-state index in [1.165, 1.54) is 0 Å². The molecule has 2 aromatic rings. The van der Waals surface area contributed by atoms with Crippen LogP contribution in [0.3, 0.4) is 0 Å². The minimum Gasteiger partial charge on any atom is -0.508 e. The maximum atomic E-state index is 13.0. The molecule has 1 saturated heterocycles. The van der Waals surface area contributed by atoms with Crippen molar-refractivity contribution in [2.24, 2.45) is 0 Å². The first-order valence-electron chi connectivity index (χ1n) is 12.7. The molecule has 5 rings (SSSR count). The van der Waals surface area contributed by atoms with Gasteiger partial charge in [-0.2, -0.15) is 0 Å². The van der Waals surface area contributed by atoms with E-state index in [1.807, 2.05) is 44.2 Å². The smallest absolute Gasteiger partial charge is 0.336 e. The van der Waals surface area contributed by atoms with E-state index in [9.17, 15) is 9.59 Å². The van der Waals surface area contributed by atoms with Crippen LogP contribution < -0.4 is 10.1 Å². The standard InChI is InChI=1S/C24H29NO5.C6H6O/c1-15-18(23(27)30-24(2)8-10-29-11-9-24)14-19-20(25-15)12-16(13-21(19)26)17-6-4-5-7-22(17)28-3;7-6-4-2-1-3-5-6/h4-7,16,25H,8-14H2,1-3H3;1-5,7H. The summed E-state index contributed by atoms with van der Waals surface area (Å²) in [7, 11) is 1.65. The van der Waals surface area contributed by atoms with Crippen LogP contribution in [0.2, 0.25) is 0 Å². The molecular formula is C30H35NO6. The summed E-state index contributed by atoms with van der Waals surface area (Å²) in [5.41, 5.74) is 3.46. The lowest BCUT2D eigenvalue weighted by Crippen LogP contribution is -2.39. The van der Waals surface area contributed by atoms with E-state index in [2.05, 4.69) is 5.32 Å². The number of nitrogens with one attached hydrogen (secondary N) is 1. The number of carbonyl (C=O) groups excluding carboxylic acids is 2. The normalized spacial score (nSPS) is 20.7. The molecule has 0 spiro atoms. The summed E-state index contributed by atoms with van der Waals surface area (Å²) < 4.78 is 16.7. The van der Waals surface area contributed by atoms with E-state index in [4.69, 9.17) is 19.3 Å². The lowest BCUT2D eigenvalue weighted by Gasteiger charge is -2.35. The van der Waals surface area contributed by atoms with Gasteiger partial charge in [-0.05, 0) is 44.0 Å². The highest BCUT2D eigenvalue weighted by Gasteiger charge is 2.37. The number of esters is 1. The summed E-state index contributed by atoms with van der Waals surface area (Å²) in [4.78, 5) is 25.9. The second kappa shape index (κ2) is 11.6. The van der Waals surface area contributed by atoms with Gasteiger partial charge in [0.05, 0.1) is 25.9 Å². The summed E-state index contributed by atoms with van der Waals surface area (Å²) >= 11 is 0. The summed E-state index contributed by atoms with van der Waals surface area (Å²) in [6.07, 6.45) is 2.84. The number of ether oxygens (including phenoxy) is 3. The Morgan fingerprint density at radius 2 is 1.73 bits per heavy atom. The predicted molar refractivity (Wildman–Crippen MR) is 140 cm³/mol. The number of benzene rings is 2. The summed E-state index contributed by atoms with van der Waals surface area (Å²) in [5, 5.41) is 12.0. The number of rotatable bonds is 4. The molecule has 0 aromatic heterocycles. The molecule has 2 N–H and O–H groups in total. The Morgan fingerprint density at radius 3 is 2.38 bits per heavy atom. The Balaban J connectivity index is 0.000000396. The molecule has 0 saturated carbocycles. The summed E-state index contributed by atoms with van der Waals surface area (Å²) in [6, 6.07) is 16.6. The Labute approximate surface area is 218 Å². The molecule has 1 aliphatic carbocycles. The molecule has 0 bridgehead atoms. The molecule has 1 atom stereocenters. The van der Waals surface area contributed by atoms with Crippen LogP contribution >= 0.6 is 0 Å². The van der Waals surface area contributed by atoms with Crippen LogP contribution in [0.25, 0.3) is 0 Å². The fourth-order valence-electron chi connectivity index (χ4n) is 4.97. The van der Waals surface area contributed by atoms with Crippen molar-refractivity contribution in [2.45, 2.75) is 57.5 Å². The SMILES string of the molecule is COc1ccccc1C1CC(=O)C2=C(C1)NC(C)=C(C(=O)OC1(C)CCOCC1)C2.Oc1ccccc1. The van der Waals surface area contributed by atoms with Crippen molar-refractivity contribution in [3.8, 4) is 11.5 Å². The number of phenols is 1. The second-order valence-electron chi connectivity index (χ2n) is 9.92. The van der Waals surface area contributed by atoms with Gasteiger partial charge in [-0.1, -0.05) is 36.4 Å². The molecule has 37 heavy (non-hydrogen) atoms. The minimum atomic E-state index is -0.511. The second-order valence-corrected chi connectivity index (χ2v) is 9.92. The van der Waals surface area contributed by atoms with Gasteiger partial charge in [-0.25, -0.2) is 4.79 Å². The zero-order valence-electron chi connectivity index (χ0n) is 21.7. The van der Waals surface area contributed by atoms with E-state index in [-0.39, 0.29) is 17.7 Å². The molecular weight excluding hydrogens is 470 g/mol. The Hall–Kier alpha value is -3.58. The van der Waals surface area contributed by atoms with Crippen LogP contribution in [-0.4, -0.2) is 42.8 Å². The van der Waals surface area contributed by atoms with Crippen LogP contribution in [0.4, 0.5) is 0 Å². The number of Topliss-reactive ketones (excluding diaryl/α,β-unsaturated/α-hetero) is 1. The molecule has 2 aromatic carbocycles. The molecule has 0 radical (unpaired) electrons. The number of para-hydroxylation sites is 2. The highest BCUT2D eigenvalue weighted by atomic mass is 16.6. The molecule has 3 aliphatic rings. The van der Waals surface area contributed by atoms with Gasteiger partial charge in [0.2, 0.25) is 0 Å². The van der Waals surface area contributed by atoms with Gasteiger partial charge in [-0.3, -0.25) is 4.79 Å². The number of aromatic hydroxyl groups is 1. The number of phenolic OH excluding ortho intramolecular Hbond substituents is 1. The molecule has 7 nitrogen and oxygen atoms in total.